The first-order chi connectivity index (χ1) is 12.0. The number of nitrogens with zero attached hydrogens (tertiary/aromatic N) is 2. The van der Waals surface area contributed by atoms with E-state index in [2.05, 4.69) is 25.2 Å². The number of nitrogens with one attached hydrogen (secondary N) is 2. The standard InChI is InChI=1S/C17H16F2N4O2/c1-10-14-8-12(9-20-16(14)23-22-10)21-15(24)7-4-11-2-5-13(6-3-11)25-17(18)19/h2-3,5-6,8-9,17H,4,7H2,1H3,(H,21,24)(H,20,22,23). The van der Waals surface area contributed by atoms with Crippen LogP contribution in [0.4, 0.5) is 14.5 Å². The molecule has 1 aromatic carbocycles. The molecule has 25 heavy (non-hydrogen) atoms. The van der Waals surface area contributed by atoms with Crippen LogP contribution in [-0.2, 0) is 11.2 Å². The van der Waals surface area contributed by atoms with Crippen LogP contribution in [0.2, 0.25) is 0 Å². The summed E-state index contributed by atoms with van der Waals surface area (Å²) in [6, 6.07) is 8.05. The van der Waals surface area contributed by atoms with Crippen molar-refractivity contribution in [1.82, 2.24) is 15.2 Å². The summed E-state index contributed by atoms with van der Waals surface area (Å²) in [5.41, 5.74) is 2.94. The van der Waals surface area contributed by atoms with Gasteiger partial charge in [-0.15, -0.1) is 0 Å². The van der Waals surface area contributed by atoms with Gasteiger partial charge in [0.05, 0.1) is 11.9 Å². The highest BCUT2D eigenvalue weighted by atomic mass is 19.3. The van der Waals surface area contributed by atoms with E-state index < -0.39 is 6.61 Å². The summed E-state index contributed by atoms with van der Waals surface area (Å²) in [7, 11) is 0. The number of hydrogen-bond acceptors (Lipinski definition) is 4. The smallest absolute Gasteiger partial charge is 0.387 e. The van der Waals surface area contributed by atoms with E-state index >= 15 is 0 Å². The second-order valence-corrected chi connectivity index (χ2v) is 5.51. The maximum absolute atomic E-state index is 12.1. The van der Waals surface area contributed by atoms with E-state index in [1.165, 1.54) is 12.1 Å². The van der Waals surface area contributed by atoms with E-state index in [1.54, 1.807) is 18.3 Å². The Balaban J connectivity index is 1.55. The van der Waals surface area contributed by atoms with Crippen molar-refractivity contribution in [2.45, 2.75) is 26.4 Å². The van der Waals surface area contributed by atoms with Crippen molar-refractivity contribution >= 4 is 22.6 Å². The fraction of sp³-hybridized carbons (Fsp3) is 0.235. The first-order valence-corrected chi connectivity index (χ1v) is 7.65. The molecule has 0 atom stereocenters. The fourth-order valence-corrected chi connectivity index (χ4v) is 2.41. The topological polar surface area (TPSA) is 79.9 Å². The minimum absolute atomic E-state index is 0.0954. The third kappa shape index (κ3) is 4.28. The van der Waals surface area contributed by atoms with Crippen LogP contribution in [0.5, 0.6) is 5.75 Å². The third-order valence-corrected chi connectivity index (χ3v) is 3.67. The van der Waals surface area contributed by atoms with Gasteiger partial charge in [-0.2, -0.15) is 13.9 Å². The lowest BCUT2D eigenvalue weighted by Crippen LogP contribution is -2.12. The van der Waals surface area contributed by atoms with Crippen molar-refractivity contribution in [2.24, 2.45) is 0 Å². The second-order valence-electron chi connectivity index (χ2n) is 5.51. The van der Waals surface area contributed by atoms with Gasteiger partial charge in [-0.05, 0) is 37.1 Å². The molecule has 0 aliphatic carbocycles. The quantitative estimate of drug-likeness (QED) is 0.716. The van der Waals surface area contributed by atoms with Gasteiger partial charge in [-0.1, -0.05) is 12.1 Å². The molecule has 130 valence electrons. The molecule has 0 aliphatic heterocycles. The number of carbonyl (C=O) groups is 1. The zero-order chi connectivity index (χ0) is 17.8. The van der Waals surface area contributed by atoms with E-state index in [-0.39, 0.29) is 18.1 Å². The summed E-state index contributed by atoms with van der Waals surface area (Å²) >= 11 is 0. The minimum atomic E-state index is -2.85. The largest absolute Gasteiger partial charge is 0.435 e. The van der Waals surface area contributed by atoms with Gasteiger partial charge in [0.25, 0.3) is 0 Å². The van der Waals surface area contributed by atoms with Crippen LogP contribution < -0.4 is 10.1 Å². The van der Waals surface area contributed by atoms with Crippen molar-refractivity contribution < 1.29 is 18.3 Å². The number of pyridine rings is 1. The summed E-state index contributed by atoms with van der Waals surface area (Å²) < 4.78 is 28.5. The lowest BCUT2D eigenvalue weighted by atomic mass is 10.1. The van der Waals surface area contributed by atoms with Crippen molar-refractivity contribution in [1.29, 1.82) is 0 Å². The molecule has 6 nitrogen and oxygen atoms in total. The van der Waals surface area contributed by atoms with Crippen molar-refractivity contribution in [3.8, 4) is 5.75 Å². The van der Waals surface area contributed by atoms with Crippen molar-refractivity contribution in [2.75, 3.05) is 5.32 Å². The Labute approximate surface area is 142 Å². The van der Waals surface area contributed by atoms with Gasteiger partial charge in [-0.3, -0.25) is 9.89 Å². The van der Waals surface area contributed by atoms with E-state index in [0.717, 1.165) is 16.6 Å². The first-order valence-electron chi connectivity index (χ1n) is 7.65. The van der Waals surface area contributed by atoms with Crippen LogP contribution in [0.25, 0.3) is 11.0 Å². The summed E-state index contributed by atoms with van der Waals surface area (Å²) in [5.74, 6) is -0.0618. The summed E-state index contributed by atoms with van der Waals surface area (Å²) in [6.07, 6.45) is 2.30. The molecule has 2 N–H and O–H groups in total. The minimum Gasteiger partial charge on any atom is -0.435 e. The normalized spacial score (nSPS) is 11.0. The molecule has 2 heterocycles. The highest BCUT2D eigenvalue weighted by molar-refractivity contribution is 5.93. The van der Waals surface area contributed by atoms with Gasteiger partial charge in [0.2, 0.25) is 5.91 Å². The molecule has 0 bridgehead atoms. The molecule has 0 aliphatic rings. The number of fused-ring (bicyclic) bond motifs is 1. The van der Waals surface area contributed by atoms with Crippen LogP contribution in [0.3, 0.4) is 0 Å². The maximum atomic E-state index is 12.1. The van der Waals surface area contributed by atoms with Crippen LogP contribution in [-0.4, -0.2) is 27.7 Å². The van der Waals surface area contributed by atoms with Crippen LogP contribution >= 0.6 is 0 Å². The number of halogens is 2. The second kappa shape index (κ2) is 7.25. The molecular weight excluding hydrogens is 330 g/mol. The lowest BCUT2D eigenvalue weighted by Gasteiger charge is -2.07. The van der Waals surface area contributed by atoms with Crippen molar-refractivity contribution in [3.05, 3.63) is 47.8 Å². The predicted octanol–water partition coefficient (Wildman–Crippen LogP) is 3.44. The Morgan fingerprint density at radius 1 is 1.32 bits per heavy atom. The molecular formula is C17H16F2N4O2. The maximum Gasteiger partial charge on any atom is 0.387 e. The Kier molecular flexibility index (Phi) is 4.87. The average Bonchev–Trinajstić information content (AvgIpc) is 2.95. The highest BCUT2D eigenvalue weighted by Gasteiger charge is 2.08. The van der Waals surface area contributed by atoms with E-state index in [0.29, 0.717) is 17.8 Å². The van der Waals surface area contributed by atoms with Gasteiger partial charge in [-0.25, -0.2) is 4.98 Å². The molecule has 1 amide bonds. The number of benzene rings is 1. The molecule has 0 fully saturated rings. The zero-order valence-corrected chi connectivity index (χ0v) is 13.4. The number of aromatic amines is 1. The Morgan fingerprint density at radius 3 is 2.80 bits per heavy atom. The predicted molar refractivity (Wildman–Crippen MR) is 88.7 cm³/mol. The van der Waals surface area contributed by atoms with Gasteiger partial charge in [0.1, 0.15) is 5.75 Å². The Morgan fingerprint density at radius 2 is 2.08 bits per heavy atom. The van der Waals surface area contributed by atoms with Gasteiger partial charge in [0, 0.05) is 17.5 Å². The third-order valence-electron chi connectivity index (χ3n) is 3.67. The van der Waals surface area contributed by atoms with Crippen molar-refractivity contribution in [3.63, 3.8) is 0 Å². The number of aromatic nitrogens is 3. The highest BCUT2D eigenvalue weighted by Crippen LogP contribution is 2.18. The summed E-state index contributed by atoms with van der Waals surface area (Å²) in [5, 5.41) is 10.5. The summed E-state index contributed by atoms with van der Waals surface area (Å²) in [4.78, 5) is 16.2. The Hall–Kier alpha value is -3.03. The number of rotatable bonds is 6. The molecule has 0 saturated heterocycles. The zero-order valence-electron chi connectivity index (χ0n) is 13.4. The molecule has 3 rings (SSSR count). The number of amides is 1. The number of H-pyrrole nitrogens is 1. The first kappa shape index (κ1) is 16.8. The number of aryl methyl sites for hydroxylation is 2. The monoisotopic (exact) mass is 346 g/mol. The van der Waals surface area contributed by atoms with Crippen LogP contribution in [0.1, 0.15) is 17.7 Å². The number of anilines is 1. The molecule has 8 heteroatoms. The fourth-order valence-electron chi connectivity index (χ4n) is 2.41. The number of alkyl halides is 2. The average molecular weight is 346 g/mol. The Bertz CT molecular complexity index is 878. The molecule has 0 radical (unpaired) electrons. The molecule has 2 aromatic heterocycles. The van der Waals surface area contributed by atoms with E-state index in [4.69, 9.17) is 0 Å². The molecule has 0 saturated carbocycles. The molecule has 3 aromatic rings. The van der Waals surface area contributed by atoms with E-state index in [9.17, 15) is 13.6 Å². The summed E-state index contributed by atoms with van der Waals surface area (Å²) in [6.45, 7) is -0.967. The van der Waals surface area contributed by atoms with Gasteiger partial charge in [0.15, 0.2) is 5.65 Å². The SMILES string of the molecule is Cc1[nH]nc2ncc(NC(=O)CCc3ccc(OC(F)F)cc3)cc12. The lowest BCUT2D eigenvalue weighted by molar-refractivity contribution is -0.116. The number of carbonyl (C=O) groups excluding carboxylic acids is 1. The van der Waals surface area contributed by atoms with Crippen LogP contribution in [0.15, 0.2) is 36.5 Å². The number of ether oxygens (including phenoxy) is 1. The molecule has 0 spiro atoms. The van der Waals surface area contributed by atoms with Gasteiger partial charge >= 0.3 is 6.61 Å². The number of hydrogen-bond donors (Lipinski definition) is 2. The van der Waals surface area contributed by atoms with E-state index in [1.807, 2.05) is 13.0 Å². The molecule has 0 unspecified atom stereocenters. The van der Waals surface area contributed by atoms with Crippen LogP contribution in [0, 0.1) is 6.92 Å². The van der Waals surface area contributed by atoms with Gasteiger partial charge < -0.3 is 10.1 Å².